The SMILES string of the molecule is CC(=O)N(C(C)=O)c1ccc2ccccc2n1. The average molecular weight is 228 g/mol. The van der Waals surface area contributed by atoms with E-state index in [1.165, 1.54) is 13.8 Å². The Kier molecular flexibility index (Phi) is 2.87. The smallest absolute Gasteiger partial charge is 0.231 e. The van der Waals surface area contributed by atoms with Gasteiger partial charge in [0.25, 0.3) is 0 Å². The zero-order chi connectivity index (χ0) is 12.4. The van der Waals surface area contributed by atoms with Gasteiger partial charge in [0.2, 0.25) is 11.8 Å². The molecule has 0 fully saturated rings. The zero-order valence-electron chi connectivity index (χ0n) is 9.68. The van der Waals surface area contributed by atoms with Crippen LogP contribution in [0.2, 0.25) is 0 Å². The molecule has 86 valence electrons. The van der Waals surface area contributed by atoms with Crippen molar-refractivity contribution in [1.29, 1.82) is 0 Å². The first-order valence-electron chi connectivity index (χ1n) is 5.26. The van der Waals surface area contributed by atoms with Crippen molar-refractivity contribution in [3.05, 3.63) is 36.4 Å². The monoisotopic (exact) mass is 228 g/mol. The highest BCUT2D eigenvalue weighted by Crippen LogP contribution is 2.18. The van der Waals surface area contributed by atoms with E-state index in [0.29, 0.717) is 5.82 Å². The van der Waals surface area contributed by atoms with E-state index in [1.54, 1.807) is 6.07 Å². The van der Waals surface area contributed by atoms with Gasteiger partial charge in [-0.3, -0.25) is 9.59 Å². The molecule has 0 atom stereocenters. The minimum Gasteiger partial charge on any atom is -0.274 e. The number of aromatic nitrogens is 1. The van der Waals surface area contributed by atoms with Crippen molar-refractivity contribution in [2.75, 3.05) is 4.90 Å². The first kappa shape index (κ1) is 11.3. The molecule has 0 N–H and O–H groups in total. The molecule has 0 bridgehead atoms. The Labute approximate surface area is 98.9 Å². The van der Waals surface area contributed by atoms with Crippen molar-refractivity contribution in [2.24, 2.45) is 0 Å². The van der Waals surface area contributed by atoms with Crippen LogP contribution in [0.4, 0.5) is 5.82 Å². The van der Waals surface area contributed by atoms with Crippen molar-refractivity contribution in [3.8, 4) is 0 Å². The van der Waals surface area contributed by atoms with Gasteiger partial charge >= 0.3 is 0 Å². The van der Waals surface area contributed by atoms with Gasteiger partial charge in [0.15, 0.2) is 0 Å². The Morgan fingerprint density at radius 2 is 1.65 bits per heavy atom. The van der Waals surface area contributed by atoms with Crippen molar-refractivity contribution < 1.29 is 9.59 Å². The van der Waals surface area contributed by atoms with E-state index in [2.05, 4.69) is 4.98 Å². The molecule has 1 heterocycles. The lowest BCUT2D eigenvalue weighted by atomic mass is 10.2. The number of carbonyl (C=O) groups is 2. The summed E-state index contributed by atoms with van der Waals surface area (Å²) in [5.41, 5.74) is 0.762. The highest BCUT2D eigenvalue weighted by Gasteiger charge is 2.17. The maximum Gasteiger partial charge on any atom is 0.231 e. The molecule has 1 aromatic carbocycles. The number of anilines is 1. The van der Waals surface area contributed by atoms with Crippen LogP contribution in [0.5, 0.6) is 0 Å². The molecule has 2 amide bonds. The molecule has 0 unspecified atom stereocenters. The van der Waals surface area contributed by atoms with E-state index in [4.69, 9.17) is 0 Å². The van der Waals surface area contributed by atoms with E-state index in [-0.39, 0.29) is 11.8 Å². The van der Waals surface area contributed by atoms with Crippen LogP contribution in [0, 0.1) is 0 Å². The third-order valence-electron chi connectivity index (χ3n) is 2.44. The minimum atomic E-state index is -0.333. The van der Waals surface area contributed by atoms with Gasteiger partial charge in [-0.05, 0) is 18.2 Å². The lowest BCUT2D eigenvalue weighted by Gasteiger charge is -2.16. The summed E-state index contributed by atoms with van der Waals surface area (Å²) in [6.07, 6.45) is 0. The third kappa shape index (κ3) is 2.15. The maximum absolute atomic E-state index is 11.4. The van der Waals surface area contributed by atoms with E-state index in [0.717, 1.165) is 15.8 Å². The Hall–Kier alpha value is -2.23. The number of benzene rings is 1. The lowest BCUT2D eigenvalue weighted by Crippen LogP contribution is -2.33. The topological polar surface area (TPSA) is 50.3 Å². The van der Waals surface area contributed by atoms with Gasteiger partial charge in [0, 0.05) is 19.2 Å². The Bertz CT molecular complexity index is 579. The number of carbonyl (C=O) groups excluding carboxylic acids is 2. The van der Waals surface area contributed by atoms with Gasteiger partial charge in [-0.25, -0.2) is 9.88 Å². The number of hydrogen-bond acceptors (Lipinski definition) is 3. The summed E-state index contributed by atoms with van der Waals surface area (Å²) >= 11 is 0. The number of hydrogen-bond donors (Lipinski definition) is 0. The van der Waals surface area contributed by atoms with Crippen molar-refractivity contribution in [1.82, 2.24) is 4.98 Å². The summed E-state index contributed by atoms with van der Waals surface area (Å²) in [7, 11) is 0. The highest BCUT2D eigenvalue weighted by molar-refractivity contribution is 6.12. The molecule has 17 heavy (non-hydrogen) atoms. The molecule has 0 spiro atoms. The fourth-order valence-corrected chi connectivity index (χ4v) is 1.72. The summed E-state index contributed by atoms with van der Waals surface area (Å²) in [6, 6.07) is 11.1. The van der Waals surface area contributed by atoms with Crippen molar-refractivity contribution in [2.45, 2.75) is 13.8 Å². The van der Waals surface area contributed by atoms with E-state index in [1.807, 2.05) is 30.3 Å². The second kappa shape index (κ2) is 4.33. The summed E-state index contributed by atoms with van der Waals surface area (Å²) in [4.78, 5) is 28.1. The van der Waals surface area contributed by atoms with Crippen LogP contribution in [-0.4, -0.2) is 16.8 Å². The van der Waals surface area contributed by atoms with Crippen LogP contribution in [0.3, 0.4) is 0 Å². The lowest BCUT2D eigenvalue weighted by molar-refractivity contribution is -0.124. The number of pyridine rings is 1. The minimum absolute atomic E-state index is 0.333. The van der Waals surface area contributed by atoms with Crippen LogP contribution in [0.1, 0.15) is 13.8 Å². The molecule has 0 aliphatic heterocycles. The molecule has 0 saturated carbocycles. The number of imide groups is 1. The number of para-hydroxylation sites is 1. The number of amides is 2. The molecule has 0 saturated heterocycles. The Morgan fingerprint density at radius 3 is 2.29 bits per heavy atom. The van der Waals surface area contributed by atoms with Gasteiger partial charge in [-0.2, -0.15) is 0 Å². The number of rotatable bonds is 1. The molecular weight excluding hydrogens is 216 g/mol. The number of fused-ring (bicyclic) bond motifs is 1. The van der Waals surface area contributed by atoms with Crippen molar-refractivity contribution >= 4 is 28.5 Å². The normalized spacial score (nSPS) is 10.2. The third-order valence-corrected chi connectivity index (χ3v) is 2.44. The molecule has 4 nitrogen and oxygen atoms in total. The summed E-state index contributed by atoms with van der Waals surface area (Å²) in [5.74, 6) is -0.302. The van der Waals surface area contributed by atoms with Crippen LogP contribution in [0.15, 0.2) is 36.4 Å². The van der Waals surface area contributed by atoms with Gasteiger partial charge in [-0.1, -0.05) is 18.2 Å². The van der Waals surface area contributed by atoms with Crippen LogP contribution in [-0.2, 0) is 9.59 Å². The maximum atomic E-state index is 11.4. The number of nitrogens with zero attached hydrogens (tertiary/aromatic N) is 2. The highest BCUT2D eigenvalue weighted by atomic mass is 16.2. The van der Waals surface area contributed by atoms with E-state index in [9.17, 15) is 9.59 Å². The van der Waals surface area contributed by atoms with E-state index >= 15 is 0 Å². The molecule has 0 aliphatic carbocycles. The Balaban J connectivity index is 2.55. The fourth-order valence-electron chi connectivity index (χ4n) is 1.72. The van der Waals surface area contributed by atoms with Gasteiger partial charge in [0.05, 0.1) is 5.52 Å². The standard InChI is InChI=1S/C13H12N2O2/c1-9(16)15(10(2)17)13-8-7-11-5-3-4-6-12(11)14-13/h3-8H,1-2H3. The predicted octanol–water partition coefficient (Wildman–Crippen LogP) is 2.13. The van der Waals surface area contributed by atoms with Gasteiger partial charge in [-0.15, -0.1) is 0 Å². The predicted molar refractivity (Wildman–Crippen MR) is 65.6 cm³/mol. The molecule has 0 aliphatic rings. The van der Waals surface area contributed by atoms with Gasteiger partial charge in [0.1, 0.15) is 5.82 Å². The Morgan fingerprint density at radius 1 is 1.00 bits per heavy atom. The molecule has 1 aromatic heterocycles. The van der Waals surface area contributed by atoms with Crippen LogP contribution in [0.25, 0.3) is 10.9 Å². The fraction of sp³-hybridized carbons (Fsp3) is 0.154. The van der Waals surface area contributed by atoms with Gasteiger partial charge < -0.3 is 0 Å². The first-order chi connectivity index (χ1) is 8.09. The summed E-state index contributed by atoms with van der Waals surface area (Å²) < 4.78 is 0. The largest absolute Gasteiger partial charge is 0.274 e. The second-order valence-electron chi connectivity index (χ2n) is 3.74. The molecule has 2 aromatic rings. The quantitative estimate of drug-likeness (QED) is 0.751. The molecule has 4 heteroatoms. The molecular formula is C13H12N2O2. The zero-order valence-corrected chi connectivity index (χ0v) is 9.68. The van der Waals surface area contributed by atoms with Crippen LogP contribution < -0.4 is 4.90 Å². The van der Waals surface area contributed by atoms with Crippen LogP contribution >= 0.6 is 0 Å². The molecule has 2 rings (SSSR count). The second-order valence-corrected chi connectivity index (χ2v) is 3.74. The average Bonchev–Trinajstić information content (AvgIpc) is 2.28. The molecule has 0 radical (unpaired) electrons. The van der Waals surface area contributed by atoms with Crippen molar-refractivity contribution in [3.63, 3.8) is 0 Å². The summed E-state index contributed by atoms with van der Waals surface area (Å²) in [5, 5.41) is 0.975. The first-order valence-corrected chi connectivity index (χ1v) is 5.26. The summed E-state index contributed by atoms with van der Waals surface area (Å²) in [6.45, 7) is 2.69. The van der Waals surface area contributed by atoms with E-state index < -0.39 is 0 Å².